The molecule has 1 atom stereocenters. The minimum atomic E-state index is -0.606. The van der Waals surface area contributed by atoms with Gasteiger partial charge < -0.3 is 10.6 Å². The number of amides is 1. The number of anilines is 2. The van der Waals surface area contributed by atoms with Gasteiger partial charge in [-0.25, -0.2) is 4.79 Å². The van der Waals surface area contributed by atoms with Crippen molar-refractivity contribution in [2.45, 2.75) is 62.6 Å². The molecule has 2 aromatic rings. The highest BCUT2D eigenvalue weighted by Gasteiger charge is 2.34. The molecule has 1 aliphatic heterocycles. The van der Waals surface area contributed by atoms with E-state index in [1.54, 1.807) is 0 Å². The first kappa shape index (κ1) is 21.2. The fourth-order valence-corrected chi connectivity index (χ4v) is 4.78. The number of hydrogen-bond donors (Lipinski definition) is 2. The predicted molar refractivity (Wildman–Crippen MR) is 118 cm³/mol. The van der Waals surface area contributed by atoms with Crippen molar-refractivity contribution in [3.63, 3.8) is 0 Å². The first-order valence-corrected chi connectivity index (χ1v) is 11.0. The van der Waals surface area contributed by atoms with E-state index in [-0.39, 0.29) is 22.7 Å². The summed E-state index contributed by atoms with van der Waals surface area (Å²) in [6, 6.07) is 7.96. The number of H-pyrrole nitrogens is 1. The molecule has 3 N–H and O–H groups in total. The lowest BCUT2D eigenvalue weighted by molar-refractivity contribution is -0.118. The molecule has 1 aromatic carbocycles. The molecule has 8 heteroatoms. The summed E-state index contributed by atoms with van der Waals surface area (Å²) >= 11 is 1.52. The van der Waals surface area contributed by atoms with Gasteiger partial charge in [0.2, 0.25) is 5.91 Å². The summed E-state index contributed by atoms with van der Waals surface area (Å²) in [6.45, 7) is 4.84. The first-order chi connectivity index (χ1) is 14.0. The summed E-state index contributed by atoms with van der Waals surface area (Å²) in [6.07, 6.45) is 3.87. The van der Waals surface area contributed by atoms with Gasteiger partial charge in [-0.05, 0) is 30.9 Å². The topological polar surface area (TPSA) is 101 Å². The standard InChI is InChI=1S/C21H28N4O3S/c1-3-5-11-24(20(27)16-13-14-9-7-8-10-15(14)29-16)17-18(22)25(12-6-4-2)21(28)23-19(17)26/h7-10,16H,3-6,11-13,22H2,1-2H3,(H,23,26,28). The molecule has 0 bridgehead atoms. The van der Waals surface area contributed by atoms with Crippen LogP contribution in [-0.2, 0) is 17.8 Å². The Morgan fingerprint density at radius 3 is 2.66 bits per heavy atom. The summed E-state index contributed by atoms with van der Waals surface area (Å²) in [5, 5.41) is -0.306. The highest BCUT2D eigenvalue weighted by molar-refractivity contribution is 8.01. The number of fused-ring (bicyclic) bond motifs is 1. The van der Waals surface area contributed by atoms with Crippen LogP contribution in [0.4, 0.5) is 11.5 Å². The molecule has 0 saturated heterocycles. The van der Waals surface area contributed by atoms with Gasteiger partial charge in [-0.15, -0.1) is 11.8 Å². The number of aromatic nitrogens is 2. The molecule has 156 valence electrons. The Labute approximate surface area is 174 Å². The number of carbonyl (C=O) groups is 1. The molecule has 1 unspecified atom stereocenters. The van der Waals surface area contributed by atoms with Crippen LogP contribution in [0, 0.1) is 0 Å². The van der Waals surface area contributed by atoms with Gasteiger partial charge in [-0.1, -0.05) is 44.9 Å². The quantitative estimate of drug-likeness (QED) is 0.689. The Hall–Kier alpha value is -2.48. The molecule has 1 aliphatic rings. The molecule has 1 aromatic heterocycles. The third kappa shape index (κ3) is 4.42. The Balaban J connectivity index is 1.98. The molecular formula is C21H28N4O3S. The Bertz CT molecular complexity index is 973. The maximum absolute atomic E-state index is 13.4. The number of benzene rings is 1. The average Bonchev–Trinajstić information content (AvgIpc) is 3.14. The Kier molecular flexibility index (Phi) is 6.84. The van der Waals surface area contributed by atoms with E-state index in [2.05, 4.69) is 4.98 Å². The molecule has 1 amide bonds. The van der Waals surface area contributed by atoms with Gasteiger partial charge in [0, 0.05) is 18.0 Å². The van der Waals surface area contributed by atoms with E-state index in [0.29, 0.717) is 19.5 Å². The van der Waals surface area contributed by atoms with E-state index >= 15 is 0 Å². The summed E-state index contributed by atoms with van der Waals surface area (Å²) in [5.41, 5.74) is 6.36. The zero-order valence-corrected chi connectivity index (χ0v) is 17.8. The third-order valence-corrected chi connectivity index (χ3v) is 6.45. The molecule has 0 spiro atoms. The van der Waals surface area contributed by atoms with Crippen molar-refractivity contribution in [2.75, 3.05) is 17.2 Å². The second-order valence-corrected chi connectivity index (χ2v) is 8.50. The molecule has 0 fully saturated rings. The summed E-state index contributed by atoms with van der Waals surface area (Å²) in [4.78, 5) is 43.3. The lowest BCUT2D eigenvalue weighted by Gasteiger charge is -2.26. The number of hydrogen-bond acceptors (Lipinski definition) is 5. The van der Waals surface area contributed by atoms with Crippen LogP contribution in [0.2, 0.25) is 0 Å². The minimum Gasteiger partial charge on any atom is -0.383 e. The largest absolute Gasteiger partial charge is 0.383 e. The smallest absolute Gasteiger partial charge is 0.330 e. The van der Waals surface area contributed by atoms with Crippen molar-refractivity contribution in [1.29, 1.82) is 0 Å². The fourth-order valence-electron chi connectivity index (χ4n) is 3.52. The van der Waals surface area contributed by atoms with E-state index in [4.69, 9.17) is 5.73 Å². The van der Waals surface area contributed by atoms with Gasteiger partial charge in [0.1, 0.15) is 5.82 Å². The number of carbonyl (C=O) groups excluding carboxylic acids is 1. The van der Waals surface area contributed by atoms with Crippen LogP contribution in [0.3, 0.4) is 0 Å². The van der Waals surface area contributed by atoms with Crippen LogP contribution in [0.15, 0.2) is 38.8 Å². The van der Waals surface area contributed by atoms with Crippen molar-refractivity contribution in [2.24, 2.45) is 0 Å². The fraction of sp³-hybridized carbons (Fsp3) is 0.476. The van der Waals surface area contributed by atoms with E-state index in [1.165, 1.54) is 21.2 Å². The van der Waals surface area contributed by atoms with E-state index in [0.717, 1.165) is 36.1 Å². The second-order valence-electron chi connectivity index (χ2n) is 7.26. The summed E-state index contributed by atoms with van der Waals surface area (Å²) < 4.78 is 1.36. The van der Waals surface area contributed by atoms with E-state index in [1.807, 2.05) is 38.1 Å². The van der Waals surface area contributed by atoms with Crippen LogP contribution >= 0.6 is 11.8 Å². The molecule has 0 radical (unpaired) electrons. The number of unbranched alkanes of at least 4 members (excludes halogenated alkanes) is 2. The highest BCUT2D eigenvalue weighted by atomic mass is 32.2. The summed E-state index contributed by atoms with van der Waals surface area (Å²) in [7, 11) is 0. The zero-order chi connectivity index (χ0) is 21.0. The van der Waals surface area contributed by atoms with Crippen LogP contribution in [0.5, 0.6) is 0 Å². The monoisotopic (exact) mass is 416 g/mol. The SMILES string of the molecule is CCCCN(C(=O)C1Cc2ccccc2S1)c1c(N)n(CCCC)c(=O)[nH]c1=O. The average molecular weight is 417 g/mol. The van der Waals surface area contributed by atoms with Crippen LogP contribution in [-0.4, -0.2) is 27.3 Å². The maximum atomic E-state index is 13.4. The van der Waals surface area contributed by atoms with E-state index in [9.17, 15) is 14.4 Å². The van der Waals surface area contributed by atoms with E-state index < -0.39 is 11.2 Å². The Morgan fingerprint density at radius 1 is 1.24 bits per heavy atom. The number of thioether (sulfide) groups is 1. The highest BCUT2D eigenvalue weighted by Crippen LogP contribution is 2.38. The van der Waals surface area contributed by atoms with Gasteiger partial charge in [0.05, 0.1) is 5.25 Å². The number of nitrogens with one attached hydrogen (secondary N) is 1. The van der Waals surface area contributed by atoms with Gasteiger partial charge in [0.15, 0.2) is 5.69 Å². The van der Waals surface area contributed by atoms with Gasteiger partial charge in [-0.2, -0.15) is 0 Å². The molecule has 29 heavy (non-hydrogen) atoms. The predicted octanol–water partition coefficient (Wildman–Crippen LogP) is 2.77. The van der Waals surface area contributed by atoms with Crippen LogP contribution in [0.1, 0.15) is 45.1 Å². The Morgan fingerprint density at radius 2 is 1.97 bits per heavy atom. The normalized spacial score (nSPS) is 15.3. The molecule has 0 aliphatic carbocycles. The summed E-state index contributed by atoms with van der Waals surface area (Å²) in [5.74, 6) is -0.0743. The molecule has 3 rings (SSSR count). The first-order valence-electron chi connectivity index (χ1n) is 10.2. The zero-order valence-electron chi connectivity index (χ0n) is 16.9. The van der Waals surface area contributed by atoms with Gasteiger partial charge in [0.25, 0.3) is 5.56 Å². The number of nitrogens with two attached hydrogens (primary N) is 1. The molecule has 2 heterocycles. The van der Waals surface area contributed by atoms with Gasteiger partial charge in [-0.3, -0.25) is 19.1 Å². The maximum Gasteiger partial charge on any atom is 0.330 e. The lowest BCUT2D eigenvalue weighted by Crippen LogP contribution is -2.44. The third-order valence-electron chi connectivity index (χ3n) is 5.14. The van der Waals surface area contributed by atoms with Crippen molar-refractivity contribution in [3.05, 3.63) is 50.7 Å². The molecular weight excluding hydrogens is 388 g/mol. The van der Waals surface area contributed by atoms with Crippen molar-refractivity contribution in [3.8, 4) is 0 Å². The number of nitrogens with zero attached hydrogens (tertiary/aromatic N) is 2. The number of rotatable bonds is 8. The lowest BCUT2D eigenvalue weighted by atomic mass is 10.1. The van der Waals surface area contributed by atoms with Gasteiger partial charge >= 0.3 is 5.69 Å². The number of nitrogen functional groups attached to an aromatic ring is 1. The van der Waals surface area contributed by atoms with Crippen molar-refractivity contribution in [1.82, 2.24) is 9.55 Å². The van der Waals surface area contributed by atoms with Crippen molar-refractivity contribution >= 4 is 29.2 Å². The van der Waals surface area contributed by atoms with Crippen molar-refractivity contribution < 1.29 is 4.79 Å². The molecule has 0 saturated carbocycles. The van der Waals surface area contributed by atoms with Crippen LogP contribution in [0.25, 0.3) is 0 Å². The van der Waals surface area contributed by atoms with Crippen LogP contribution < -0.4 is 21.9 Å². The minimum absolute atomic E-state index is 0.0668. The second kappa shape index (κ2) is 9.35. The number of aromatic amines is 1. The molecule has 7 nitrogen and oxygen atoms in total.